The molecule has 7 nitrogen and oxygen atoms in total. The molecule has 0 amide bonds. The van der Waals surface area contributed by atoms with Crippen LogP contribution in [-0.2, 0) is 4.74 Å². The Kier molecular flexibility index (Phi) is 5.57. The van der Waals surface area contributed by atoms with Crippen molar-refractivity contribution in [3.05, 3.63) is 34.2 Å². The molecule has 1 aliphatic heterocycles. The lowest BCUT2D eigenvalue weighted by molar-refractivity contribution is -0.911. The zero-order valence-corrected chi connectivity index (χ0v) is 14.5. The van der Waals surface area contributed by atoms with Crippen LogP contribution in [-0.4, -0.2) is 57.8 Å². The maximum Gasteiger partial charge on any atom is 0.336 e. The van der Waals surface area contributed by atoms with Gasteiger partial charge in [-0.3, -0.25) is 0 Å². The Morgan fingerprint density at radius 1 is 1.24 bits per heavy atom. The molecule has 0 unspecified atom stereocenters. The average Bonchev–Trinajstić information content (AvgIpc) is 2.60. The third-order valence-corrected chi connectivity index (χ3v) is 4.39. The first-order valence-corrected chi connectivity index (χ1v) is 8.41. The molecule has 2 heterocycles. The molecule has 3 rings (SSSR count). The van der Waals surface area contributed by atoms with Crippen molar-refractivity contribution < 1.29 is 28.6 Å². The number of benzene rings is 1. The number of morpholine rings is 1. The number of fused-ring (bicyclic) bond motifs is 1. The standard InChI is InChI=1S/C18H23NO6/c1-12-7-18(21)25-15-9-16(22-2)17(8-14(12)15)24-11-13(20)10-19-3-5-23-6-4-19/h7-9,13,20H,3-6,10-11H2,1-2H3/p+1/t13-/m0/s1. The number of hydrogen-bond donors (Lipinski definition) is 2. The molecule has 0 spiro atoms. The van der Waals surface area contributed by atoms with Crippen LogP contribution in [0, 0.1) is 6.92 Å². The summed E-state index contributed by atoms with van der Waals surface area (Å²) in [6.07, 6.45) is -0.580. The van der Waals surface area contributed by atoms with Gasteiger partial charge in [0.15, 0.2) is 11.5 Å². The van der Waals surface area contributed by atoms with Crippen molar-refractivity contribution in [2.75, 3.05) is 46.6 Å². The number of quaternary nitrogens is 1. The van der Waals surface area contributed by atoms with Crippen LogP contribution < -0.4 is 20.0 Å². The summed E-state index contributed by atoms with van der Waals surface area (Å²) < 4.78 is 21.6. The Labute approximate surface area is 145 Å². The van der Waals surface area contributed by atoms with E-state index in [9.17, 15) is 9.90 Å². The quantitative estimate of drug-likeness (QED) is 0.700. The minimum absolute atomic E-state index is 0.169. The van der Waals surface area contributed by atoms with Crippen LogP contribution >= 0.6 is 0 Å². The summed E-state index contributed by atoms with van der Waals surface area (Å²) >= 11 is 0. The molecule has 2 aromatic rings. The van der Waals surface area contributed by atoms with Gasteiger partial charge in [-0.25, -0.2) is 4.79 Å². The highest BCUT2D eigenvalue weighted by Gasteiger charge is 2.19. The predicted molar refractivity (Wildman–Crippen MR) is 91.7 cm³/mol. The number of hydrogen-bond acceptors (Lipinski definition) is 6. The first-order chi connectivity index (χ1) is 12.1. The first kappa shape index (κ1) is 17.7. The molecule has 1 aromatic carbocycles. The van der Waals surface area contributed by atoms with E-state index in [1.165, 1.54) is 18.1 Å². The fourth-order valence-electron chi connectivity index (χ4n) is 3.04. The molecule has 25 heavy (non-hydrogen) atoms. The van der Waals surface area contributed by atoms with Gasteiger partial charge in [-0.1, -0.05) is 0 Å². The van der Waals surface area contributed by atoms with E-state index in [-0.39, 0.29) is 6.61 Å². The third-order valence-electron chi connectivity index (χ3n) is 4.39. The SMILES string of the molecule is COc1cc2oc(=O)cc(C)c2cc1OC[C@@H](O)C[NH+]1CCOCC1. The highest BCUT2D eigenvalue weighted by atomic mass is 16.5. The maximum atomic E-state index is 11.5. The van der Waals surface area contributed by atoms with Crippen molar-refractivity contribution in [1.29, 1.82) is 0 Å². The van der Waals surface area contributed by atoms with Crippen LogP contribution in [0.2, 0.25) is 0 Å². The highest BCUT2D eigenvalue weighted by molar-refractivity contribution is 5.83. The Hall–Kier alpha value is -2.09. The Morgan fingerprint density at radius 2 is 2.00 bits per heavy atom. The van der Waals surface area contributed by atoms with E-state index < -0.39 is 11.7 Å². The van der Waals surface area contributed by atoms with E-state index >= 15 is 0 Å². The molecular weight excluding hydrogens is 326 g/mol. The van der Waals surface area contributed by atoms with Crippen molar-refractivity contribution in [3.8, 4) is 11.5 Å². The van der Waals surface area contributed by atoms with E-state index in [0.29, 0.717) is 23.6 Å². The normalized spacial score (nSPS) is 16.8. The zero-order chi connectivity index (χ0) is 17.8. The Balaban J connectivity index is 1.72. The first-order valence-electron chi connectivity index (χ1n) is 8.41. The molecular formula is C18H24NO6+. The van der Waals surface area contributed by atoms with Crippen LogP contribution in [0.1, 0.15) is 5.56 Å². The van der Waals surface area contributed by atoms with Crippen molar-refractivity contribution in [3.63, 3.8) is 0 Å². The molecule has 1 aromatic heterocycles. The molecule has 1 atom stereocenters. The van der Waals surface area contributed by atoms with Gasteiger partial charge >= 0.3 is 5.63 Å². The van der Waals surface area contributed by atoms with Gasteiger partial charge in [0.2, 0.25) is 0 Å². The number of aryl methyl sites for hydroxylation is 1. The van der Waals surface area contributed by atoms with Gasteiger partial charge in [-0.2, -0.15) is 0 Å². The van der Waals surface area contributed by atoms with Crippen molar-refractivity contribution in [2.24, 2.45) is 0 Å². The van der Waals surface area contributed by atoms with Crippen LogP contribution in [0.5, 0.6) is 11.5 Å². The monoisotopic (exact) mass is 350 g/mol. The van der Waals surface area contributed by atoms with Crippen molar-refractivity contribution >= 4 is 11.0 Å². The fourth-order valence-corrected chi connectivity index (χ4v) is 3.04. The van der Waals surface area contributed by atoms with E-state index in [1.54, 1.807) is 12.1 Å². The summed E-state index contributed by atoms with van der Waals surface area (Å²) in [7, 11) is 1.52. The summed E-state index contributed by atoms with van der Waals surface area (Å²) in [6, 6.07) is 4.86. The van der Waals surface area contributed by atoms with Gasteiger partial charge in [-0.05, 0) is 18.6 Å². The maximum absolute atomic E-state index is 11.5. The van der Waals surface area contributed by atoms with Gasteiger partial charge in [0.25, 0.3) is 0 Å². The van der Waals surface area contributed by atoms with Gasteiger partial charge < -0.3 is 28.6 Å². The number of methoxy groups -OCH3 is 1. The fraction of sp³-hybridized carbons (Fsp3) is 0.500. The second-order valence-corrected chi connectivity index (χ2v) is 6.28. The van der Waals surface area contributed by atoms with Crippen LogP contribution in [0.4, 0.5) is 0 Å². The summed E-state index contributed by atoms with van der Waals surface area (Å²) in [4.78, 5) is 12.8. The minimum atomic E-state index is -0.580. The average molecular weight is 350 g/mol. The van der Waals surface area contributed by atoms with Crippen molar-refractivity contribution in [2.45, 2.75) is 13.0 Å². The summed E-state index contributed by atoms with van der Waals surface area (Å²) in [6.45, 7) is 5.88. The lowest BCUT2D eigenvalue weighted by Gasteiger charge is -2.25. The summed E-state index contributed by atoms with van der Waals surface area (Å²) in [5.74, 6) is 0.982. The van der Waals surface area contributed by atoms with E-state index in [4.69, 9.17) is 18.6 Å². The van der Waals surface area contributed by atoms with Crippen LogP contribution in [0.25, 0.3) is 11.0 Å². The molecule has 0 aliphatic carbocycles. The van der Waals surface area contributed by atoms with E-state index in [0.717, 1.165) is 37.3 Å². The highest BCUT2D eigenvalue weighted by Crippen LogP contribution is 2.33. The second-order valence-electron chi connectivity index (χ2n) is 6.28. The summed E-state index contributed by atoms with van der Waals surface area (Å²) in [5, 5.41) is 11.0. The molecule has 0 bridgehead atoms. The molecule has 1 saturated heterocycles. The Bertz CT molecular complexity index is 781. The van der Waals surface area contributed by atoms with Gasteiger partial charge in [0.1, 0.15) is 37.9 Å². The van der Waals surface area contributed by atoms with Crippen LogP contribution in [0.3, 0.4) is 0 Å². The number of aliphatic hydroxyl groups excluding tert-OH is 1. The molecule has 1 aliphatic rings. The lowest BCUT2D eigenvalue weighted by atomic mass is 10.1. The number of rotatable bonds is 6. The van der Waals surface area contributed by atoms with Crippen molar-refractivity contribution in [1.82, 2.24) is 0 Å². The molecule has 7 heteroatoms. The largest absolute Gasteiger partial charge is 0.493 e. The Morgan fingerprint density at radius 3 is 2.72 bits per heavy atom. The number of nitrogens with one attached hydrogen (secondary N) is 1. The minimum Gasteiger partial charge on any atom is -0.493 e. The van der Waals surface area contributed by atoms with E-state index in [2.05, 4.69) is 0 Å². The third kappa shape index (κ3) is 4.31. The predicted octanol–water partition coefficient (Wildman–Crippen LogP) is -0.235. The van der Waals surface area contributed by atoms with Gasteiger partial charge in [0.05, 0.1) is 20.3 Å². The number of ether oxygens (including phenoxy) is 3. The topological polar surface area (TPSA) is 82.6 Å². The van der Waals surface area contributed by atoms with Crippen LogP contribution in [0.15, 0.2) is 27.4 Å². The van der Waals surface area contributed by atoms with Gasteiger partial charge in [-0.15, -0.1) is 0 Å². The van der Waals surface area contributed by atoms with Gasteiger partial charge in [0, 0.05) is 17.5 Å². The molecule has 136 valence electrons. The summed E-state index contributed by atoms with van der Waals surface area (Å²) in [5.41, 5.74) is 0.856. The molecule has 1 fully saturated rings. The lowest BCUT2D eigenvalue weighted by Crippen LogP contribution is -3.15. The zero-order valence-electron chi connectivity index (χ0n) is 14.5. The molecule has 0 radical (unpaired) electrons. The molecule has 0 saturated carbocycles. The smallest absolute Gasteiger partial charge is 0.336 e. The number of aliphatic hydroxyl groups is 1. The van der Waals surface area contributed by atoms with E-state index in [1.807, 2.05) is 6.92 Å². The second kappa shape index (κ2) is 7.86. The molecule has 2 N–H and O–H groups in total.